The van der Waals surface area contributed by atoms with Crippen molar-refractivity contribution in [2.24, 2.45) is 0 Å². The van der Waals surface area contributed by atoms with Crippen molar-refractivity contribution >= 4 is 17.5 Å². The molecule has 1 aliphatic rings. The van der Waals surface area contributed by atoms with Gasteiger partial charge in [-0.25, -0.2) is 0 Å². The number of amides is 2. The van der Waals surface area contributed by atoms with Crippen LogP contribution in [0.3, 0.4) is 0 Å². The van der Waals surface area contributed by atoms with Gasteiger partial charge in [-0.15, -0.1) is 0 Å². The minimum absolute atomic E-state index is 0.0251. The molecular weight excluding hydrogens is 272 g/mol. The molecule has 0 bridgehead atoms. The summed E-state index contributed by atoms with van der Waals surface area (Å²) < 4.78 is 9.98. The zero-order valence-electron chi connectivity index (χ0n) is 12.1. The Labute approximate surface area is 124 Å². The van der Waals surface area contributed by atoms with E-state index in [1.165, 1.54) is 7.11 Å². The number of nitrogens with one attached hydrogen (secondary N) is 1. The van der Waals surface area contributed by atoms with Crippen molar-refractivity contribution in [3.63, 3.8) is 0 Å². The van der Waals surface area contributed by atoms with E-state index in [-0.39, 0.29) is 18.4 Å². The first-order valence-electron chi connectivity index (χ1n) is 6.92. The molecule has 1 fully saturated rings. The van der Waals surface area contributed by atoms with Crippen molar-refractivity contribution in [1.82, 2.24) is 4.90 Å². The maximum atomic E-state index is 12.1. The Morgan fingerprint density at radius 3 is 2.52 bits per heavy atom. The summed E-state index contributed by atoms with van der Waals surface area (Å²) >= 11 is 0. The molecule has 1 aromatic carbocycles. The summed E-state index contributed by atoms with van der Waals surface area (Å²) in [5.41, 5.74) is 1.62. The summed E-state index contributed by atoms with van der Waals surface area (Å²) in [7, 11) is 1.47. The van der Waals surface area contributed by atoms with Crippen molar-refractivity contribution in [3.05, 3.63) is 29.8 Å². The summed E-state index contributed by atoms with van der Waals surface area (Å²) in [5, 5.41) is 2.71. The van der Waals surface area contributed by atoms with Crippen LogP contribution >= 0.6 is 0 Å². The lowest BCUT2D eigenvalue weighted by Gasteiger charge is -2.26. The van der Waals surface area contributed by atoms with Crippen LogP contribution in [-0.4, -0.2) is 56.7 Å². The quantitative estimate of drug-likeness (QED) is 0.866. The molecule has 1 aliphatic heterocycles. The molecular formula is C15H20N2O4. The van der Waals surface area contributed by atoms with Gasteiger partial charge in [0.05, 0.1) is 19.6 Å². The van der Waals surface area contributed by atoms with Crippen LogP contribution in [0.4, 0.5) is 5.69 Å². The number of morpholine rings is 1. The molecule has 2 amide bonds. The van der Waals surface area contributed by atoms with Gasteiger partial charge >= 0.3 is 0 Å². The van der Waals surface area contributed by atoms with Crippen LogP contribution in [-0.2, 0) is 25.5 Å². The fourth-order valence-corrected chi connectivity index (χ4v) is 2.13. The molecule has 0 atom stereocenters. The lowest BCUT2D eigenvalue weighted by molar-refractivity contribution is -0.134. The second-order valence-electron chi connectivity index (χ2n) is 4.85. The number of hydrogen-bond donors (Lipinski definition) is 1. The number of nitrogens with zero attached hydrogens (tertiary/aromatic N) is 1. The second kappa shape index (κ2) is 7.75. The fourth-order valence-electron chi connectivity index (χ4n) is 2.13. The van der Waals surface area contributed by atoms with Gasteiger partial charge in [-0.05, 0) is 17.7 Å². The summed E-state index contributed by atoms with van der Waals surface area (Å²) in [6.45, 7) is 2.55. The minimum atomic E-state index is -0.199. The Kier molecular flexibility index (Phi) is 5.71. The number of ether oxygens (including phenoxy) is 2. The van der Waals surface area contributed by atoms with Gasteiger partial charge in [-0.1, -0.05) is 12.1 Å². The SMILES string of the molecule is COCC(=O)Nc1ccc(CC(=O)N2CCOCC2)cc1. The van der Waals surface area contributed by atoms with Crippen molar-refractivity contribution in [1.29, 1.82) is 0 Å². The first kappa shape index (κ1) is 15.5. The largest absolute Gasteiger partial charge is 0.378 e. The van der Waals surface area contributed by atoms with Crippen molar-refractivity contribution in [2.75, 3.05) is 45.3 Å². The minimum Gasteiger partial charge on any atom is -0.378 e. The van der Waals surface area contributed by atoms with E-state index >= 15 is 0 Å². The van der Waals surface area contributed by atoms with Crippen LogP contribution in [0, 0.1) is 0 Å². The molecule has 0 radical (unpaired) electrons. The van der Waals surface area contributed by atoms with Gasteiger partial charge in [0, 0.05) is 25.9 Å². The van der Waals surface area contributed by atoms with Crippen LogP contribution < -0.4 is 5.32 Å². The fraction of sp³-hybridized carbons (Fsp3) is 0.467. The topological polar surface area (TPSA) is 67.9 Å². The second-order valence-corrected chi connectivity index (χ2v) is 4.85. The molecule has 0 aliphatic carbocycles. The molecule has 0 spiro atoms. The van der Waals surface area contributed by atoms with Gasteiger partial charge in [-0.2, -0.15) is 0 Å². The molecule has 0 aromatic heterocycles. The molecule has 0 saturated carbocycles. The molecule has 6 heteroatoms. The van der Waals surface area contributed by atoms with E-state index in [2.05, 4.69) is 5.32 Å². The highest BCUT2D eigenvalue weighted by Gasteiger charge is 2.16. The van der Waals surface area contributed by atoms with Crippen LogP contribution in [0.25, 0.3) is 0 Å². The average molecular weight is 292 g/mol. The highest BCUT2D eigenvalue weighted by atomic mass is 16.5. The molecule has 1 aromatic rings. The Hall–Kier alpha value is -1.92. The lowest BCUT2D eigenvalue weighted by atomic mass is 10.1. The number of hydrogen-bond acceptors (Lipinski definition) is 4. The molecule has 1 heterocycles. The number of carbonyl (C=O) groups is 2. The van der Waals surface area contributed by atoms with Crippen LogP contribution in [0.5, 0.6) is 0 Å². The summed E-state index contributed by atoms with van der Waals surface area (Å²) in [6.07, 6.45) is 0.367. The highest BCUT2D eigenvalue weighted by Crippen LogP contribution is 2.11. The van der Waals surface area contributed by atoms with Crippen molar-refractivity contribution in [2.45, 2.75) is 6.42 Å². The highest BCUT2D eigenvalue weighted by molar-refractivity contribution is 5.91. The third-order valence-electron chi connectivity index (χ3n) is 3.23. The van der Waals surface area contributed by atoms with E-state index in [0.29, 0.717) is 38.4 Å². The number of benzene rings is 1. The van der Waals surface area contributed by atoms with Gasteiger partial charge < -0.3 is 19.7 Å². The van der Waals surface area contributed by atoms with E-state index in [9.17, 15) is 9.59 Å². The van der Waals surface area contributed by atoms with Gasteiger partial charge in [0.2, 0.25) is 11.8 Å². The van der Waals surface area contributed by atoms with Crippen molar-refractivity contribution < 1.29 is 19.1 Å². The summed E-state index contributed by atoms with van der Waals surface area (Å²) in [5.74, 6) is -0.0934. The summed E-state index contributed by atoms with van der Waals surface area (Å²) in [4.78, 5) is 25.3. The normalized spacial score (nSPS) is 14.8. The smallest absolute Gasteiger partial charge is 0.250 e. The molecule has 6 nitrogen and oxygen atoms in total. The monoisotopic (exact) mass is 292 g/mol. The first-order valence-corrected chi connectivity index (χ1v) is 6.92. The molecule has 2 rings (SSSR count). The summed E-state index contributed by atoms with van der Waals surface area (Å²) in [6, 6.07) is 7.27. The van der Waals surface area contributed by atoms with Crippen molar-refractivity contribution in [3.8, 4) is 0 Å². The van der Waals surface area contributed by atoms with Crippen LogP contribution in [0.2, 0.25) is 0 Å². The Morgan fingerprint density at radius 1 is 1.24 bits per heavy atom. The maximum Gasteiger partial charge on any atom is 0.250 e. The number of carbonyl (C=O) groups excluding carboxylic acids is 2. The number of anilines is 1. The van der Waals surface area contributed by atoms with Crippen LogP contribution in [0.15, 0.2) is 24.3 Å². The molecule has 1 saturated heterocycles. The Balaban J connectivity index is 1.86. The number of methoxy groups -OCH3 is 1. The van der Waals surface area contributed by atoms with E-state index in [1.807, 2.05) is 17.0 Å². The lowest BCUT2D eigenvalue weighted by Crippen LogP contribution is -2.41. The van der Waals surface area contributed by atoms with E-state index in [4.69, 9.17) is 9.47 Å². The third kappa shape index (κ3) is 4.84. The van der Waals surface area contributed by atoms with Gasteiger partial charge in [0.1, 0.15) is 6.61 Å². The standard InChI is InChI=1S/C15H20N2O4/c1-20-11-14(18)16-13-4-2-12(3-5-13)10-15(19)17-6-8-21-9-7-17/h2-5H,6-11H2,1H3,(H,16,18). The maximum absolute atomic E-state index is 12.1. The van der Waals surface area contributed by atoms with Crippen LogP contribution in [0.1, 0.15) is 5.56 Å². The Bertz CT molecular complexity index is 481. The Morgan fingerprint density at radius 2 is 1.90 bits per heavy atom. The molecule has 1 N–H and O–H groups in total. The average Bonchev–Trinajstić information content (AvgIpc) is 2.50. The van der Waals surface area contributed by atoms with Gasteiger partial charge in [0.25, 0.3) is 0 Å². The third-order valence-corrected chi connectivity index (χ3v) is 3.23. The molecule has 114 valence electrons. The zero-order valence-corrected chi connectivity index (χ0v) is 12.1. The van der Waals surface area contributed by atoms with E-state index in [1.54, 1.807) is 12.1 Å². The predicted molar refractivity (Wildman–Crippen MR) is 78.1 cm³/mol. The van der Waals surface area contributed by atoms with Gasteiger partial charge in [-0.3, -0.25) is 9.59 Å². The number of rotatable bonds is 5. The first-order chi connectivity index (χ1) is 10.2. The van der Waals surface area contributed by atoms with E-state index < -0.39 is 0 Å². The predicted octanol–water partition coefficient (Wildman–Crippen LogP) is 0.673. The van der Waals surface area contributed by atoms with Gasteiger partial charge in [0.15, 0.2) is 0 Å². The molecule has 0 unspecified atom stereocenters. The van der Waals surface area contributed by atoms with E-state index in [0.717, 1.165) is 5.56 Å². The molecule has 21 heavy (non-hydrogen) atoms. The zero-order chi connectivity index (χ0) is 15.1.